The number of ether oxygens (including phenoxy) is 2. The molecule has 2 aliphatic rings. The first-order valence-electron chi connectivity index (χ1n) is 12.4. The smallest absolute Gasteiger partial charge is 0.295 e. The van der Waals surface area contributed by atoms with Gasteiger partial charge in [-0.15, -0.1) is 0 Å². The first-order valence-corrected chi connectivity index (χ1v) is 12.4. The molecule has 1 N–H and O–H groups in total. The lowest BCUT2D eigenvalue weighted by Gasteiger charge is -2.29. The quantitative estimate of drug-likeness (QED) is 0.334. The highest BCUT2D eigenvalue weighted by Gasteiger charge is 2.45. The van der Waals surface area contributed by atoms with E-state index in [2.05, 4.69) is 4.90 Å². The fourth-order valence-corrected chi connectivity index (χ4v) is 4.60. The number of ketones is 1. The third-order valence-electron chi connectivity index (χ3n) is 6.49. The molecule has 1 unspecified atom stereocenters. The summed E-state index contributed by atoms with van der Waals surface area (Å²) >= 11 is 0. The molecule has 0 spiro atoms. The van der Waals surface area contributed by atoms with E-state index in [9.17, 15) is 14.7 Å². The van der Waals surface area contributed by atoms with E-state index < -0.39 is 17.7 Å². The van der Waals surface area contributed by atoms with Gasteiger partial charge in [0.05, 0.1) is 31.4 Å². The molecular weight excluding hydrogens is 444 g/mol. The summed E-state index contributed by atoms with van der Waals surface area (Å²) in [4.78, 5) is 30.3. The normalized spacial score (nSPS) is 20.4. The van der Waals surface area contributed by atoms with Gasteiger partial charge in [0.2, 0.25) is 0 Å². The Morgan fingerprint density at radius 1 is 1.09 bits per heavy atom. The fourth-order valence-electron chi connectivity index (χ4n) is 4.60. The van der Waals surface area contributed by atoms with Gasteiger partial charge in [-0.05, 0) is 37.5 Å². The topological polar surface area (TPSA) is 79.3 Å². The third-order valence-corrected chi connectivity index (χ3v) is 6.49. The first kappa shape index (κ1) is 24.9. The summed E-state index contributed by atoms with van der Waals surface area (Å²) < 4.78 is 11.1. The molecule has 2 aliphatic heterocycles. The van der Waals surface area contributed by atoms with Gasteiger partial charge in [0.15, 0.2) is 0 Å². The number of likely N-dealkylation sites (tertiary alicyclic amines) is 1. The Morgan fingerprint density at radius 3 is 2.54 bits per heavy atom. The van der Waals surface area contributed by atoms with E-state index in [0.29, 0.717) is 24.5 Å². The zero-order chi connectivity index (χ0) is 24.8. The number of rotatable bonds is 9. The van der Waals surface area contributed by atoms with E-state index in [0.717, 1.165) is 56.8 Å². The van der Waals surface area contributed by atoms with E-state index in [1.807, 2.05) is 44.2 Å². The number of aryl methyl sites for hydroxylation is 1. The van der Waals surface area contributed by atoms with Gasteiger partial charge in [-0.3, -0.25) is 14.5 Å². The van der Waals surface area contributed by atoms with Crippen molar-refractivity contribution in [3.63, 3.8) is 0 Å². The van der Waals surface area contributed by atoms with Crippen LogP contribution in [0, 0.1) is 6.92 Å². The molecule has 4 rings (SSSR count). The molecule has 2 fully saturated rings. The molecular formula is C28H34N2O5. The summed E-state index contributed by atoms with van der Waals surface area (Å²) in [7, 11) is 0. The minimum absolute atomic E-state index is 0.123. The highest BCUT2D eigenvalue weighted by atomic mass is 16.5. The van der Waals surface area contributed by atoms with Gasteiger partial charge >= 0.3 is 0 Å². The van der Waals surface area contributed by atoms with Crippen molar-refractivity contribution in [2.75, 3.05) is 46.0 Å². The summed E-state index contributed by atoms with van der Waals surface area (Å²) in [6.45, 7) is 9.00. The van der Waals surface area contributed by atoms with Crippen molar-refractivity contribution in [2.45, 2.75) is 32.7 Å². The zero-order valence-corrected chi connectivity index (χ0v) is 20.5. The van der Waals surface area contributed by atoms with Crippen LogP contribution in [0.15, 0.2) is 54.1 Å². The van der Waals surface area contributed by atoms with E-state index in [1.165, 1.54) is 0 Å². The molecule has 2 aromatic rings. The van der Waals surface area contributed by atoms with Crippen molar-refractivity contribution >= 4 is 17.4 Å². The number of hydrogen-bond donors (Lipinski definition) is 1. The molecule has 7 heteroatoms. The van der Waals surface area contributed by atoms with Gasteiger partial charge in [0.1, 0.15) is 11.5 Å². The van der Waals surface area contributed by atoms with Gasteiger partial charge in [0.25, 0.3) is 11.7 Å². The van der Waals surface area contributed by atoms with Crippen LogP contribution in [0.1, 0.15) is 42.5 Å². The second kappa shape index (κ2) is 11.5. The highest BCUT2D eigenvalue weighted by molar-refractivity contribution is 6.46. The van der Waals surface area contributed by atoms with Gasteiger partial charge < -0.3 is 19.5 Å². The van der Waals surface area contributed by atoms with Crippen molar-refractivity contribution in [3.8, 4) is 5.75 Å². The van der Waals surface area contributed by atoms with Crippen molar-refractivity contribution in [2.24, 2.45) is 0 Å². The van der Waals surface area contributed by atoms with Crippen molar-refractivity contribution in [1.82, 2.24) is 9.80 Å². The molecule has 2 saturated heterocycles. The lowest BCUT2D eigenvalue weighted by molar-refractivity contribution is -0.140. The van der Waals surface area contributed by atoms with Crippen LogP contribution in [0.25, 0.3) is 5.76 Å². The van der Waals surface area contributed by atoms with Crippen LogP contribution >= 0.6 is 0 Å². The monoisotopic (exact) mass is 478 g/mol. The van der Waals surface area contributed by atoms with Gasteiger partial charge in [-0.25, -0.2) is 0 Å². The summed E-state index contributed by atoms with van der Waals surface area (Å²) in [6, 6.07) is 14.2. The largest absolute Gasteiger partial charge is 0.507 e. The molecule has 1 amide bonds. The SMILES string of the molecule is CCCOc1cccc(/C(O)=C2\C(=O)C(=O)N(CCCN3CCOCC3)C2c2ccc(C)cc2)c1. The minimum Gasteiger partial charge on any atom is -0.507 e. The molecule has 186 valence electrons. The average molecular weight is 479 g/mol. The second-order valence-electron chi connectivity index (χ2n) is 9.09. The summed E-state index contributed by atoms with van der Waals surface area (Å²) in [5.41, 5.74) is 2.47. The van der Waals surface area contributed by atoms with E-state index >= 15 is 0 Å². The summed E-state index contributed by atoms with van der Waals surface area (Å²) in [5.74, 6) is -0.786. The van der Waals surface area contributed by atoms with Crippen LogP contribution in [-0.4, -0.2) is 72.6 Å². The molecule has 2 aromatic carbocycles. The molecule has 0 bridgehead atoms. The molecule has 0 saturated carbocycles. The van der Waals surface area contributed by atoms with E-state index in [-0.39, 0.29) is 11.3 Å². The number of aliphatic hydroxyl groups excluding tert-OH is 1. The maximum absolute atomic E-state index is 13.2. The van der Waals surface area contributed by atoms with E-state index in [1.54, 1.807) is 23.1 Å². The number of hydrogen-bond acceptors (Lipinski definition) is 6. The van der Waals surface area contributed by atoms with Crippen LogP contribution < -0.4 is 4.74 Å². The lowest BCUT2D eigenvalue weighted by Crippen LogP contribution is -2.38. The number of aliphatic hydroxyl groups is 1. The molecule has 0 aromatic heterocycles. The minimum atomic E-state index is -0.653. The maximum Gasteiger partial charge on any atom is 0.295 e. The number of Topliss-reactive ketones (excluding diaryl/α,β-unsaturated/α-hetero) is 1. The average Bonchev–Trinajstić information content (AvgIpc) is 3.13. The number of amides is 1. The molecule has 2 heterocycles. The number of benzene rings is 2. The zero-order valence-electron chi connectivity index (χ0n) is 20.5. The Morgan fingerprint density at radius 2 is 1.83 bits per heavy atom. The highest BCUT2D eigenvalue weighted by Crippen LogP contribution is 2.39. The van der Waals surface area contributed by atoms with Crippen molar-refractivity contribution < 1.29 is 24.2 Å². The second-order valence-corrected chi connectivity index (χ2v) is 9.09. The summed E-state index contributed by atoms with van der Waals surface area (Å²) in [5, 5.41) is 11.3. The third kappa shape index (κ3) is 5.74. The lowest BCUT2D eigenvalue weighted by atomic mass is 9.94. The standard InChI is InChI=1S/C28H34N2O5/c1-3-16-35-23-7-4-6-22(19-23)26(31)24-25(21-10-8-20(2)9-11-21)30(28(33)27(24)32)13-5-12-29-14-17-34-18-15-29/h4,6-11,19,25,31H,3,5,12-18H2,1-2H3/b26-24+. The van der Waals surface area contributed by atoms with Crippen molar-refractivity contribution in [1.29, 1.82) is 0 Å². The Bertz CT molecular complexity index is 1070. The molecule has 7 nitrogen and oxygen atoms in total. The Hall–Kier alpha value is -3.16. The Kier molecular flexibility index (Phi) is 8.21. The van der Waals surface area contributed by atoms with Crippen LogP contribution in [0.5, 0.6) is 5.75 Å². The Labute approximate surface area is 206 Å². The van der Waals surface area contributed by atoms with Gasteiger partial charge in [0, 0.05) is 31.7 Å². The number of carbonyl (C=O) groups excluding carboxylic acids is 2. The van der Waals surface area contributed by atoms with Crippen LogP contribution in [0.2, 0.25) is 0 Å². The predicted molar refractivity (Wildman–Crippen MR) is 134 cm³/mol. The number of carbonyl (C=O) groups is 2. The molecule has 35 heavy (non-hydrogen) atoms. The predicted octanol–water partition coefficient (Wildman–Crippen LogP) is 3.93. The Balaban J connectivity index is 1.65. The van der Waals surface area contributed by atoms with Crippen LogP contribution in [0.3, 0.4) is 0 Å². The van der Waals surface area contributed by atoms with Gasteiger partial charge in [-0.1, -0.05) is 48.9 Å². The maximum atomic E-state index is 13.2. The summed E-state index contributed by atoms with van der Waals surface area (Å²) in [6.07, 6.45) is 1.59. The fraction of sp³-hybridized carbons (Fsp3) is 0.429. The first-order chi connectivity index (χ1) is 17.0. The number of nitrogens with zero attached hydrogens (tertiary/aromatic N) is 2. The molecule has 0 radical (unpaired) electrons. The number of morpholine rings is 1. The molecule has 0 aliphatic carbocycles. The molecule has 1 atom stereocenters. The van der Waals surface area contributed by atoms with Crippen LogP contribution in [-0.2, 0) is 14.3 Å². The van der Waals surface area contributed by atoms with Gasteiger partial charge in [-0.2, -0.15) is 0 Å². The van der Waals surface area contributed by atoms with Crippen LogP contribution in [0.4, 0.5) is 0 Å². The van der Waals surface area contributed by atoms with E-state index in [4.69, 9.17) is 9.47 Å². The van der Waals surface area contributed by atoms with Crippen molar-refractivity contribution in [3.05, 3.63) is 70.8 Å².